The maximum absolute atomic E-state index is 12.2. The van der Waals surface area contributed by atoms with Crippen LogP contribution in [0.15, 0.2) is 0 Å². The van der Waals surface area contributed by atoms with Crippen molar-refractivity contribution in [2.75, 3.05) is 13.1 Å². The van der Waals surface area contributed by atoms with Gasteiger partial charge in [0.15, 0.2) is 0 Å². The molecule has 2 N–H and O–H groups in total. The standard InChI is InChI=1S/C10H19F3N2O/c1-4-5-15(6-10(11,12)13)9(16)8(14)7(2)3/h7-8H,4-6,14H2,1-3H3/t8-/m1/s1. The van der Waals surface area contributed by atoms with Crippen LogP contribution >= 0.6 is 0 Å². The van der Waals surface area contributed by atoms with Crippen LogP contribution in [0.1, 0.15) is 27.2 Å². The van der Waals surface area contributed by atoms with Gasteiger partial charge in [0.05, 0.1) is 6.04 Å². The second-order valence-corrected chi connectivity index (χ2v) is 4.14. The van der Waals surface area contributed by atoms with E-state index in [9.17, 15) is 18.0 Å². The molecule has 6 heteroatoms. The van der Waals surface area contributed by atoms with Crippen LogP contribution in [-0.2, 0) is 4.79 Å². The van der Waals surface area contributed by atoms with Gasteiger partial charge < -0.3 is 10.6 Å². The molecule has 0 fully saturated rings. The molecule has 0 aromatic rings. The van der Waals surface area contributed by atoms with Crippen LogP contribution in [0.25, 0.3) is 0 Å². The summed E-state index contributed by atoms with van der Waals surface area (Å²) in [6.07, 6.45) is -3.89. The average molecular weight is 240 g/mol. The van der Waals surface area contributed by atoms with Gasteiger partial charge >= 0.3 is 6.18 Å². The molecule has 0 aliphatic heterocycles. The summed E-state index contributed by atoms with van der Waals surface area (Å²) in [5, 5.41) is 0. The second kappa shape index (κ2) is 6.08. The highest BCUT2D eigenvalue weighted by atomic mass is 19.4. The first kappa shape index (κ1) is 15.2. The Labute approximate surface area is 93.8 Å². The molecule has 0 bridgehead atoms. The van der Waals surface area contributed by atoms with Crippen molar-refractivity contribution >= 4 is 5.91 Å². The number of carbonyl (C=O) groups is 1. The lowest BCUT2D eigenvalue weighted by atomic mass is 10.0. The van der Waals surface area contributed by atoms with Crippen LogP contribution in [0.2, 0.25) is 0 Å². The Morgan fingerprint density at radius 2 is 1.88 bits per heavy atom. The van der Waals surface area contributed by atoms with E-state index < -0.39 is 24.7 Å². The molecular weight excluding hydrogens is 221 g/mol. The van der Waals surface area contributed by atoms with Crippen LogP contribution in [-0.4, -0.2) is 36.1 Å². The molecule has 0 saturated carbocycles. The maximum Gasteiger partial charge on any atom is 0.406 e. The number of nitrogens with zero attached hydrogens (tertiary/aromatic N) is 1. The number of alkyl halides is 3. The molecule has 0 aromatic carbocycles. The van der Waals surface area contributed by atoms with E-state index in [2.05, 4.69) is 0 Å². The maximum atomic E-state index is 12.2. The molecule has 96 valence electrons. The highest BCUT2D eigenvalue weighted by Gasteiger charge is 2.34. The molecule has 0 aliphatic carbocycles. The van der Waals surface area contributed by atoms with Crippen LogP contribution in [0, 0.1) is 5.92 Å². The number of hydrogen-bond acceptors (Lipinski definition) is 2. The molecule has 0 heterocycles. The largest absolute Gasteiger partial charge is 0.406 e. The number of hydrogen-bond donors (Lipinski definition) is 1. The van der Waals surface area contributed by atoms with Gasteiger partial charge in [-0.15, -0.1) is 0 Å². The van der Waals surface area contributed by atoms with Gasteiger partial charge in [0.2, 0.25) is 5.91 Å². The fraction of sp³-hybridized carbons (Fsp3) is 0.900. The van der Waals surface area contributed by atoms with Crippen molar-refractivity contribution in [2.45, 2.75) is 39.4 Å². The third-order valence-corrected chi connectivity index (χ3v) is 2.18. The van der Waals surface area contributed by atoms with Crippen LogP contribution in [0.3, 0.4) is 0 Å². The number of nitrogens with two attached hydrogens (primary N) is 1. The van der Waals surface area contributed by atoms with Gasteiger partial charge in [-0.2, -0.15) is 13.2 Å². The number of rotatable bonds is 5. The summed E-state index contributed by atoms with van der Waals surface area (Å²) in [6.45, 7) is 4.00. The summed E-state index contributed by atoms with van der Waals surface area (Å²) >= 11 is 0. The first-order valence-corrected chi connectivity index (χ1v) is 5.30. The van der Waals surface area contributed by atoms with E-state index in [1.807, 2.05) is 0 Å². The quantitative estimate of drug-likeness (QED) is 0.796. The number of amides is 1. The first-order valence-electron chi connectivity index (χ1n) is 5.30. The molecule has 1 amide bonds. The fourth-order valence-electron chi connectivity index (χ4n) is 1.25. The fourth-order valence-corrected chi connectivity index (χ4v) is 1.25. The minimum absolute atomic E-state index is 0.0821. The first-order chi connectivity index (χ1) is 7.19. The molecule has 0 saturated heterocycles. The Morgan fingerprint density at radius 1 is 1.38 bits per heavy atom. The highest BCUT2D eigenvalue weighted by molar-refractivity contribution is 5.81. The smallest absolute Gasteiger partial charge is 0.332 e. The van der Waals surface area contributed by atoms with E-state index in [4.69, 9.17) is 5.73 Å². The second-order valence-electron chi connectivity index (χ2n) is 4.14. The van der Waals surface area contributed by atoms with E-state index >= 15 is 0 Å². The summed E-state index contributed by atoms with van der Waals surface area (Å²) in [5.41, 5.74) is 5.55. The summed E-state index contributed by atoms with van der Waals surface area (Å²) < 4.78 is 36.7. The lowest BCUT2D eigenvalue weighted by Crippen LogP contribution is -2.49. The summed E-state index contributed by atoms with van der Waals surface area (Å²) in [4.78, 5) is 12.4. The summed E-state index contributed by atoms with van der Waals surface area (Å²) in [5.74, 6) is -0.797. The van der Waals surface area contributed by atoms with Crippen molar-refractivity contribution in [1.29, 1.82) is 0 Å². The zero-order chi connectivity index (χ0) is 12.9. The van der Waals surface area contributed by atoms with Crippen molar-refractivity contribution in [3.05, 3.63) is 0 Å². The Bertz CT molecular complexity index is 229. The van der Waals surface area contributed by atoms with Crippen molar-refractivity contribution in [2.24, 2.45) is 11.7 Å². The normalized spacial score (nSPS) is 14.0. The molecular formula is C10H19F3N2O. The van der Waals surface area contributed by atoms with Crippen LogP contribution in [0.5, 0.6) is 0 Å². The Morgan fingerprint density at radius 3 is 2.19 bits per heavy atom. The van der Waals surface area contributed by atoms with Crippen molar-refractivity contribution in [1.82, 2.24) is 4.90 Å². The minimum Gasteiger partial charge on any atom is -0.332 e. The van der Waals surface area contributed by atoms with E-state index in [-0.39, 0.29) is 12.5 Å². The van der Waals surface area contributed by atoms with Gasteiger partial charge in [-0.1, -0.05) is 20.8 Å². The summed E-state index contributed by atoms with van der Waals surface area (Å²) in [7, 11) is 0. The van der Waals surface area contributed by atoms with Gasteiger partial charge in [0.25, 0.3) is 0 Å². The predicted octanol–water partition coefficient (Wildman–Crippen LogP) is 1.77. The monoisotopic (exact) mass is 240 g/mol. The molecule has 0 unspecified atom stereocenters. The SMILES string of the molecule is CCCN(CC(F)(F)F)C(=O)[C@H](N)C(C)C. The molecule has 0 spiro atoms. The Balaban J connectivity index is 4.59. The Hall–Kier alpha value is -0.780. The molecule has 3 nitrogen and oxygen atoms in total. The van der Waals surface area contributed by atoms with Crippen LogP contribution < -0.4 is 5.73 Å². The van der Waals surface area contributed by atoms with Gasteiger partial charge in [0, 0.05) is 6.54 Å². The lowest BCUT2D eigenvalue weighted by molar-refractivity contribution is -0.162. The van der Waals surface area contributed by atoms with Gasteiger partial charge in [-0.05, 0) is 12.3 Å². The lowest BCUT2D eigenvalue weighted by Gasteiger charge is -2.27. The van der Waals surface area contributed by atoms with E-state index in [0.29, 0.717) is 6.42 Å². The van der Waals surface area contributed by atoms with Crippen LogP contribution in [0.4, 0.5) is 13.2 Å². The third-order valence-electron chi connectivity index (χ3n) is 2.18. The molecule has 0 aromatic heterocycles. The Kier molecular flexibility index (Phi) is 5.78. The predicted molar refractivity (Wildman–Crippen MR) is 55.7 cm³/mol. The van der Waals surface area contributed by atoms with Gasteiger partial charge in [-0.25, -0.2) is 0 Å². The topological polar surface area (TPSA) is 46.3 Å². The van der Waals surface area contributed by atoms with Crippen molar-refractivity contribution in [3.63, 3.8) is 0 Å². The van der Waals surface area contributed by atoms with E-state index in [1.165, 1.54) is 0 Å². The molecule has 0 aliphatic rings. The van der Waals surface area contributed by atoms with Crippen molar-refractivity contribution < 1.29 is 18.0 Å². The minimum atomic E-state index is -4.37. The zero-order valence-corrected chi connectivity index (χ0v) is 9.84. The van der Waals surface area contributed by atoms with Gasteiger partial charge in [-0.3, -0.25) is 4.79 Å². The average Bonchev–Trinajstić information content (AvgIpc) is 2.12. The van der Waals surface area contributed by atoms with E-state index in [0.717, 1.165) is 4.90 Å². The molecule has 1 atom stereocenters. The zero-order valence-electron chi connectivity index (χ0n) is 9.84. The number of carbonyl (C=O) groups excluding carboxylic acids is 1. The number of halogens is 3. The van der Waals surface area contributed by atoms with Crippen molar-refractivity contribution in [3.8, 4) is 0 Å². The molecule has 16 heavy (non-hydrogen) atoms. The summed E-state index contributed by atoms with van der Waals surface area (Å²) in [6, 6.07) is -0.867. The molecule has 0 rings (SSSR count). The molecule has 0 radical (unpaired) electrons. The van der Waals surface area contributed by atoms with Gasteiger partial charge in [0.1, 0.15) is 6.54 Å². The third kappa shape index (κ3) is 5.34. The highest BCUT2D eigenvalue weighted by Crippen LogP contribution is 2.17. The van der Waals surface area contributed by atoms with E-state index in [1.54, 1.807) is 20.8 Å².